The summed E-state index contributed by atoms with van der Waals surface area (Å²) in [4.78, 5) is 71.2. The van der Waals surface area contributed by atoms with E-state index in [1.165, 1.54) is 6.92 Å². The summed E-state index contributed by atoms with van der Waals surface area (Å²) < 4.78 is 0. The number of nitrogens with two attached hydrogens (primary N) is 3. The van der Waals surface area contributed by atoms with Crippen LogP contribution in [0.3, 0.4) is 0 Å². The van der Waals surface area contributed by atoms with Crippen molar-refractivity contribution in [2.75, 3.05) is 0 Å². The number of rotatable bonds is 15. The Hall–Kier alpha value is -3.26. The van der Waals surface area contributed by atoms with E-state index in [1.807, 2.05) is 0 Å². The van der Waals surface area contributed by atoms with Gasteiger partial charge in [0.05, 0.1) is 12.5 Å². The number of amides is 5. The largest absolute Gasteiger partial charge is 0.480 e. The number of hydrogen-bond donors (Lipinski definition) is 8. The van der Waals surface area contributed by atoms with Gasteiger partial charge in [0.15, 0.2) is 0 Å². The molecule has 188 valence electrons. The summed E-state index contributed by atoms with van der Waals surface area (Å²) in [5, 5.41) is 25.5. The average molecular weight is 475 g/mol. The maximum absolute atomic E-state index is 12.8. The van der Waals surface area contributed by atoms with Gasteiger partial charge < -0.3 is 43.4 Å². The van der Waals surface area contributed by atoms with Crippen LogP contribution in [0.5, 0.6) is 0 Å². The van der Waals surface area contributed by atoms with Crippen LogP contribution in [0.25, 0.3) is 0 Å². The van der Waals surface area contributed by atoms with Crippen LogP contribution < -0.4 is 33.2 Å². The molecule has 14 nitrogen and oxygen atoms in total. The standard InChI is InChI=1S/C19H34N6O8/c1-8(2)6-11(17(30)25-12(19(32)33)7-14(21)28)24-16(29)10(4-5-13(20)27)23-18(31)15(22)9(3)26/h8-12,15,26H,4-7,22H2,1-3H3,(H2,20,27)(H2,21,28)(H,23,31)(H,24,29)(H,25,30)(H,32,33). The van der Waals surface area contributed by atoms with Crippen LogP contribution in [0.2, 0.25) is 0 Å². The molecule has 5 amide bonds. The summed E-state index contributed by atoms with van der Waals surface area (Å²) in [6.07, 6.45) is -2.28. The summed E-state index contributed by atoms with van der Waals surface area (Å²) in [6, 6.07) is -5.51. The van der Waals surface area contributed by atoms with Gasteiger partial charge in [-0.2, -0.15) is 0 Å². The second-order valence-corrected chi connectivity index (χ2v) is 8.09. The first-order valence-electron chi connectivity index (χ1n) is 10.3. The Bertz CT molecular complexity index is 742. The first-order chi connectivity index (χ1) is 15.1. The zero-order valence-electron chi connectivity index (χ0n) is 18.9. The van der Waals surface area contributed by atoms with Crippen molar-refractivity contribution in [1.29, 1.82) is 0 Å². The number of carbonyl (C=O) groups excluding carboxylic acids is 5. The van der Waals surface area contributed by atoms with E-state index < -0.39 is 72.2 Å². The molecule has 0 aliphatic carbocycles. The number of aliphatic carboxylic acids is 1. The zero-order valence-corrected chi connectivity index (χ0v) is 18.9. The van der Waals surface area contributed by atoms with E-state index in [4.69, 9.17) is 17.2 Å². The molecule has 5 unspecified atom stereocenters. The van der Waals surface area contributed by atoms with Crippen LogP contribution in [0.4, 0.5) is 0 Å². The van der Waals surface area contributed by atoms with Crippen LogP contribution >= 0.6 is 0 Å². The van der Waals surface area contributed by atoms with Crippen molar-refractivity contribution < 1.29 is 39.0 Å². The van der Waals surface area contributed by atoms with Crippen molar-refractivity contribution >= 4 is 35.5 Å². The number of hydrogen-bond acceptors (Lipinski definition) is 8. The fraction of sp³-hybridized carbons (Fsp3) is 0.684. The van der Waals surface area contributed by atoms with Gasteiger partial charge in [0.2, 0.25) is 29.5 Å². The molecule has 0 aliphatic rings. The zero-order chi connectivity index (χ0) is 25.9. The Morgan fingerprint density at radius 3 is 1.70 bits per heavy atom. The second kappa shape index (κ2) is 14.0. The van der Waals surface area contributed by atoms with E-state index in [-0.39, 0.29) is 25.2 Å². The molecular weight excluding hydrogens is 440 g/mol. The highest BCUT2D eigenvalue weighted by molar-refractivity contribution is 5.95. The van der Waals surface area contributed by atoms with Crippen molar-refractivity contribution in [3.63, 3.8) is 0 Å². The van der Waals surface area contributed by atoms with E-state index in [0.29, 0.717) is 0 Å². The fourth-order valence-corrected chi connectivity index (χ4v) is 2.69. The van der Waals surface area contributed by atoms with Crippen LogP contribution in [-0.2, 0) is 28.8 Å². The third-order valence-corrected chi connectivity index (χ3v) is 4.49. The summed E-state index contributed by atoms with van der Waals surface area (Å²) in [5.74, 6) is -5.91. The van der Waals surface area contributed by atoms with Crippen molar-refractivity contribution in [2.24, 2.45) is 23.1 Å². The molecule has 0 aromatic rings. The van der Waals surface area contributed by atoms with Crippen molar-refractivity contribution in [3.8, 4) is 0 Å². The van der Waals surface area contributed by atoms with Crippen molar-refractivity contribution in [1.82, 2.24) is 16.0 Å². The maximum atomic E-state index is 12.8. The minimum Gasteiger partial charge on any atom is -0.480 e. The lowest BCUT2D eigenvalue weighted by Gasteiger charge is -2.26. The molecule has 0 saturated heterocycles. The molecule has 0 aromatic heterocycles. The van der Waals surface area contributed by atoms with Gasteiger partial charge in [-0.25, -0.2) is 4.79 Å². The van der Waals surface area contributed by atoms with Crippen molar-refractivity contribution in [3.05, 3.63) is 0 Å². The number of nitrogens with one attached hydrogen (secondary N) is 3. The monoisotopic (exact) mass is 474 g/mol. The van der Waals surface area contributed by atoms with Gasteiger partial charge in [-0.3, -0.25) is 24.0 Å². The number of carbonyl (C=O) groups is 6. The van der Waals surface area contributed by atoms with Crippen molar-refractivity contribution in [2.45, 2.75) is 76.7 Å². The highest BCUT2D eigenvalue weighted by atomic mass is 16.4. The lowest BCUT2D eigenvalue weighted by molar-refractivity contribution is -0.144. The molecule has 0 aliphatic heterocycles. The Morgan fingerprint density at radius 1 is 0.788 bits per heavy atom. The highest BCUT2D eigenvalue weighted by Crippen LogP contribution is 2.08. The molecule has 0 aromatic carbocycles. The number of aliphatic hydroxyl groups excluding tert-OH is 1. The van der Waals surface area contributed by atoms with Gasteiger partial charge in [-0.15, -0.1) is 0 Å². The van der Waals surface area contributed by atoms with Gasteiger partial charge in [0.25, 0.3) is 0 Å². The van der Waals surface area contributed by atoms with E-state index in [9.17, 15) is 39.0 Å². The first kappa shape index (κ1) is 29.7. The molecule has 0 rings (SSSR count). The molecule has 0 heterocycles. The van der Waals surface area contributed by atoms with Gasteiger partial charge in [-0.1, -0.05) is 13.8 Å². The quantitative estimate of drug-likeness (QED) is 0.116. The highest BCUT2D eigenvalue weighted by Gasteiger charge is 2.31. The van der Waals surface area contributed by atoms with Gasteiger partial charge in [0.1, 0.15) is 24.2 Å². The summed E-state index contributed by atoms with van der Waals surface area (Å²) in [6.45, 7) is 4.77. The molecule has 0 fully saturated rings. The Labute approximate surface area is 191 Å². The second-order valence-electron chi connectivity index (χ2n) is 8.09. The molecule has 11 N–H and O–H groups in total. The van der Waals surface area contributed by atoms with Gasteiger partial charge in [0, 0.05) is 6.42 Å². The number of carboxylic acids is 1. The lowest BCUT2D eigenvalue weighted by atomic mass is 10.0. The molecular formula is C19H34N6O8. The van der Waals surface area contributed by atoms with E-state index in [2.05, 4.69) is 16.0 Å². The maximum Gasteiger partial charge on any atom is 0.326 e. The first-order valence-corrected chi connectivity index (χ1v) is 10.3. The summed E-state index contributed by atoms with van der Waals surface area (Å²) >= 11 is 0. The predicted octanol–water partition coefficient (Wildman–Crippen LogP) is -3.58. The van der Waals surface area contributed by atoms with Gasteiger partial charge in [-0.05, 0) is 25.7 Å². The SMILES string of the molecule is CC(C)CC(NC(=O)C(CCC(N)=O)NC(=O)C(N)C(C)O)C(=O)NC(CC(N)=O)C(=O)O. The van der Waals surface area contributed by atoms with E-state index in [1.54, 1.807) is 13.8 Å². The molecule has 14 heteroatoms. The smallest absolute Gasteiger partial charge is 0.326 e. The molecule has 0 saturated carbocycles. The minimum atomic E-state index is -1.60. The van der Waals surface area contributed by atoms with Crippen LogP contribution in [0.15, 0.2) is 0 Å². The lowest BCUT2D eigenvalue weighted by Crippen LogP contribution is -2.58. The summed E-state index contributed by atoms with van der Waals surface area (Å²) in [7, 11) is 0. The van der Waals surface area contributed by atoms with Crippen LogP contribution in [-0.4, -0.2) is 76.0 Å². The third-order valence-electron chi connectivity index (χ3n) is 4.49. The number of carboxylic acid groups (broad SMARTS) is 1. The Morgan fingerprint density at radius 2 is 1.27 bits per heavy atom. The molecule has 0 spiro atoms. The fourth-order valence-electron chi connectivity index (χ4n) is 2.69. The molecule has 33 heavy (non-hydrogen) atoms. The van der Waals surface area contributed by atoms with Crippen LogP contribution in [0.1, 0.15) is 46.5 Å². The number of aliphatic hydroxyl groups is 1. The van der Waals surface area contributed by atoms with E-state index >= 15 is 0 Å². The molecule has 0 bridgehead atoms. The Balaban J connectivity index is 5.59. The molecule has 0 radical (unpaired) electrons. The van der Waals surface area contributed by atoms with Crippen LogP contribution in [0, 0.1) is 5.92 Å². The third kappa shape index (κ3) is 11.8. The average Bonchev–Trinajstić information content (AvgIpc) is 2.67. The Kier molecular flexibility index (Phi) is 12.6. The predicted molar refractivity (Wildman–Crippen MR) is 115 cm³/mol. The van der Waals surface area contributed by atoms with Gasteiger partial charge >= 0.3 is 5.97 Å². The molecule has 5 atom stereocenters. The van der Waals surface area contributed by atoms with E-state index in [0.717, 1.165) is 0 Å². The minimum absolute atomic E-state index is 0.0875. The number of primary amides is 2. The topological polar surface area (TPSA) is 257 Å². The normalized spacial score (nSPS) is 15.5. The summed E-state index contributed by atoms with van der Waals surface area (Å²) in [5.41, 5.74) is 15.7.